The van der Waals surface area contributed by atoms with E-state index in [0.29, 0.717) is 11.2 Å². The van der Waals surface area contributed by atoms with Gasteiger partial charge in [0.15, 0.2) is 5.15 Å². The first-order chi connectivity index (χ1) is 9.22. The van der Waals surface area contributed by atoms with Gasteiger partial charge in [-0.2, -0.15) is 0 Å². The van der Waals surface area contributed by atoms with Crippen molar-refractivity contribution < 1.29 is 0 Å². The van der Waals surface area contributed by atoms with E-state index in [1.165, 1.54) is 32.1 Å². The van der Waals surface area contributed by atoms with Gasteiger partial charge >= 0.3 is 0 Å². The second-order valence-electron chi connectivity index (χ2n) is 6.40. The van der Waals surface area contributed by atoms with Crippen molar-refractivity contribution in [3.63, 3.8) is 0 Å². The van der Waals surface area contributed by atoms with E-state index in [1.54, 1.807) is 6.20 Å². The molecule has 5 unspecified atom stereocenters. The van der Waals surface area contributed by atoms with Gasteiger partial charge in [0, 0.05) is 16.7 Å². The third kappa shape index (κ3) is 2.01. The first kappa shape index (κ1) is 12.5. The van der Waals surface area contributed by atoms with Gasteiger partial charge in [0.05, 0.1) is 5.69 Å². The highest BCUT2D eigenvalue weighted by molar-refractivity contribution is 9.10. The van der Waals surface area contributed by atoms with Crippen LogP contribution in [0.25, 0.3) is 0 Å². The summed E-state index contributed by atoms with van der Waals surface area (Å²) in [5.74, 6) is 3.86. The monoisotopic (exact) mass is 340 g/mol. The Balaban J connectivity index is 1.54. The van der Waals surface area contributed by atoms with Crippen LogP contribution in [-0.2, 0) is 0 Å². The smallest absolute Gasteiger partial charge is 0.152 e. The first-order valence-corrected chi connectivity index (χ1v) is 8.47. The minimum Gasteiger partial charge on any atom is -0.379 e. The van der Waals surface area contributed by atoms with Crippen molar-refractivity contribution in [3.05, 3.63) is 21.9 Å². The van der Waals surface area contributed by atoms with E-state index in [9.17, 15) is 0 Å². The fourth-order valence-electron chi connectivity index (χ4n) is 4.96. The molecule has 102 valence electrons. The Morgan fingerprint density at radius 2 is 2.05 bits per heavy atom. The molecule has 4 rings (SSSR count). The van der Waals surface area contributed by atoms with Crippen LogP contribution in [0.3, 0.4) is 0 Å². The Kier molecular flexibility index (Phi) is 3.03. The Hall–Kier alpha value is -0.280. The number of nitrogens with one attached hydrogen (secondary N) is 1. The van der Waals surface area contributed by atoms with Crippen LogP contribution in [0.1, 0.15) is 32.1 Å². The average Bonchev–Trinajstić information content (AvgIpc) is 3.05. The molecule has 3 saturated carbocycles. The van der Waals surface area contributed by atoms with Gasteiger partial charge in [0.2, 0.25) is 0 Å². The molecule has 1 aromatic rings. The van der Waals surface area contributed by atoms with Crippen molar-refractivity contribution in [2.24, 2.45) is 23.7 Å². The van der Waals surface area contributed by atoms with Crippen LogP contribution in [0, 0.1) is 23.7 Å². The van der Waals surface area contributed by atoms with E-state index < -0.39 is 0 Å². The zero-order valence-electron chi connectivity index (χ0n) is 10.8. The van der Waals surface area contributed by atoms with E-state index in [0.717, 1.165) is 33.8 Å². The van der Waals surface area contributed by atoms with Gasteiger partial charge in [-0.3, -0.25) is 0 Å². The third-order valence-electron chi connectivity index (χ3n) is 5.58. The van der Waals surface area contributed by atoms with Crippen molar-refractivity contribution in [3.8, 4) is 0 Å². The maximum atomic E-state index is 6.19. The minimum absolute atomic E-state index is 0.592. The number of fused-ring (bicyclic) bond motifs is 5. The topological polar surface area (TPSA) is 24.9 Å². The van der Waals surface area contributed by atoms with E-state index in [2.05, 4.69) is 26.2 Å². The largest absolute Gasteiger partial charge is 0.379 e. The molecule has 0 radical (unpaired) electrons. The molecule has 3 aliphatic carbocycles. The van der Waals surface area contributed by atoms with Crippen LogP contribution < -0.4 is 5.32 Å². The average molecular weight is 342 g/mol. The molecule has 0 spiro atoms. The summed E-state index contributed by atoms with van der Waals surface area (Å²) in [6, 6.07) is 2.66. The van der Waals surface area contributed by atoms with Gasteiger partial charge in [0.25, 0.3) is 0 Å². The van der Waals surface area contributed by atoms with Gasteiger partial charge in [-0.05, 0) is 71.4 Å². The fourth-order valence-corrected chi connectivity index (χ4v) is 5.45. The summed E-state index contributed by atoms with van der Waals surface area (Å²) in [6.07, 6.45) is 8.91. The summed E-state index contributed by atoms with van der Waals surface area (Å²) in [5, 5.41) is 4.26. The normalized spacial score (nSPS) is 39.6. The molecule has 3 aliphatic rings. The molecule has 19 heavy (non-hydrogen) atoms. The number of rotatable bonds is 2. The fraction of sp³-hybridized carbons (Fsp3) is 0.667. The molecule has 0 amide bonds. The molecular weight excluding hydrogens is 324 g/mol. The van der Waals surface area contributed by atoms with Gasteiger partial charge in [0.1, 0.15) is 0 Å². The molecule has 0 aromatic carbocycles. The molecule has 0 aliphatic heterocycles. The zero-order chi connectivity index (χ0) is 13.0. The van der Waals surface area contributed by atoms with E-state index in [-0.39, 0.29) is 0 Å². The van der Waals surface area contributed by atoms with Crippen LogP contribution >= 0.6 is 27.5 Å². The number of nitrogens with zero attached hydrogens (tertiary/aromatic N) is 1. The lowest BCUT2D eigenvalue weighted by molar-refractivity contribution is 0.243. The summed E-state index contributed by atoms with van der Waals surface area (Å²) in [5.41, 5.74) is 0.989. The molecule has 1 N–H and O–H groups in total. The van der Waals surface area contributed by atoms with Crippen LogP contribution in [-0.4, -0.2) is 11.0 Å². The molecule has 4 heteroatoms. The Bertz CT molecular complexity index is 507. The number of pyridine rings is 1. The van der Waals surface area contributed by atoms with Crippen molar-refractivity contribution in [2.75, 3.05) is 5.32 Å². The number of anilines is 1. The number of halogens is 2. The SMILES string of the molecule is Clc1ncc(Br)cc1NC1CC2CC1C1CCCC21. The Morgan fingerprint density at radius 1 is 1.21 bits per heavy atom. The molecule has 3 fully saturated rings. The van der Waals surface area contributed by atoms with Crippen LogP contribution in [0.15, 0.2) is 16.7 Å². The highest BCUT2D eigenvalue weighted by Crippen LogP contribution is 2.59. The lowest BCUT2D eigenvalue weighted by Crippen LogP contribution is -2.34. The second kappa shape index (κ2) is 4.63. The zero-order valence-corrected chi connectivity index (χ0v) is 13.1. The van der Waals surface area contributed by atoms with Gasteiger partial charge in [-0.1, -0.05) is 18.0 Å². The Morgan fingerprint density at radius 3 is 2.95 bits per heavy atom. The van der Waals surface area contributed by atoms with Crippen LogP contribution in [0.2, 0.25) is 5.15 Å². The molecule has 5 atom stereocenters. The maximum Gasteiger partial charge on any atom is 0.152 e. The van der Waals surface area contributed by atoms with Crippen molar-refractivity contribution in [2.45, 2.75) is 38.1 Å². The molecule has 2 bridgehead atoms. The molecular formula is C15H18BrClN2. The predicted molar refractivity (Wildman–Crippen MR) is 81.4 cm³/mol. The summed E-state index contributed by atoms with van der Waals surface area (Å²) < 4.78 is 0.987. The van der Waals surface area contributed by atoms with Gasteiger partial charge in [-0.25, -0.2) is 4.98 Å². The van der Waals surface area contributed by atoms with E-state index in [1.807, 2.05) is 6.07 Å². The third-order valence-corrected chi connectivity index (χ3v) is 6.31. The maximum absolute atomic E-state index is 6.19. The molecule has 0 saturated heterocycles. The minimum atomic E-state index is 0.592. The number of hydrogen-bond acceptors (Lipinski definition) is 2. The lowest BCUT2D eigenvalue weighted by Gasteiger charge is -2.32. The second-order valence-corrected chi connectivity index (χ2v) is 7.67. The lowest BCUT2D eigenvalue weighted by atomic mass is 9.79. The van der Waals surface area contributed by atoms with Gasteiger partial charge < -0.3 is 5.32 Å². The van der Waals surface area contributed by atoms with Crippen LogP contribution in [0.4, 0.5) is 5.69 Å². The van der Waals surface area contributed by atoms with Gasteiger partial charge in [-0.15, -0.1) is 0 Å². The summed E-state index contributed by atoms with van der Waals surface area (Å²) >= 11 is 9.66. The van der Waals surface area contributed by atoms with Crippen LogP contribution in [0.5, 0.6) is 0 Å². The van der Waals surface area contributed by atoms with Crippen molar-refractivity contribution in [1.29, 1.82) is 0 Å². The quantitative estimate of drug-likeness (QED) is 0.786. The molecule has 2 nitrogen and oxygen atoms in total. The molecule has 1 heterocycles. The predicted octanol–water partition coefficient (Wildman–Crippen LogP) is 4.73. The van der Waals surface area contributed by atoms with Crippen molar-refractivity contribution >= 4 is 33.2 Å². The number of hydrogen-bond donors (Lipinski definition) is 1. The highest BCUT2D eigenvalue weighted by atomic mass is 79.9. The summed E-state index contributed by atoms with van der Waals surface area (Å²) in [7, 11) is 0. The van der Waals surface area contributed by atoms with Crippen molar-refractivity contribution in [1.82, 2.24) is 4.98 Å². The highest BCUT2D eigenvalue weighted by Gasteiger charge is 2.53. The Labute approximate surface area is 127 Å². The number of aromatic nitrogens is 1. The summed E-state index contributed by atoms with van der Waals surface area (Å²) in [4.78, 5) is 4.21. The first-order valence-electron chi connectivity index (χ1n) is 7.30. The summed E-state index contributed by atoms with van der Waals surface area (Å²) in [6.45, 7) is 0. The molecule has 1 aromatic heterocycles. The van der Waals surface area contributed by atoms with E-state index >= 15 is 0 Å². The van der Waals surface area contributed by atoms with E-state index in [4.69, 9.17) is 11.6 Å². The standard InChI is InChI=1S/C15H18BrClN2/c16-9-6-14(15(17)18-7-9)19-13-5-8-4-12(13)11-3-1-2-10(8)11/h6-8,10-13,19H,1-5H2.